The predicted octanol–water partition coefficient (Wildman–Crippen LogP) is 4.98. The molecule has 1 heterocycles. The number of pyridine rings is 1. The minimum Gasteiger partial charge on any atom is -0.433 e. The average molecular weight is 351 g/mol. The van der Waals surface area contributed by atoms with Gasteiger partial charge in [0.1, 0.15) is 5.75 Å². The van der Waals surface area contributed by atoms with Crippen LogP contribution in [0.15, 0.2) is 34.9 Å². The summed E-state index contributed by atoms with van der Waals surface area (Å²) in [6, 6.07) is 7.16. The smallest absolute Gasteiger partial charge is 0.334 e. The molecule has 0 aliphatic carbocycles. The molecule has 0 N–H and O–H groups in total. The molecular weight excluding hydrogens is 336 g/mol. The molecule has 1 aromatic carbocycles. The lowest BCUT2D eigenvalue weighted by Crippen LogP contribution is -2.00. The summed E-state index contributed by atoms with van der Waals surface area (Å²) in [5.41, 5.74) is 1.38. The van der Waals surface area contributed by atoms with Crippen LogP contribution in [0, 0.1) is 17.0 Å². The van der Waals surface area contributed by atoms with Crippen LogP contribution in [-0.2, 0) is 0 Å². The third-order valence-corrected chi connectivity index (χ3v) is 3.57. The Labute approximate surface area is 131 Å². The molecule has 0 unspecified atom stereocenters. The Morgan fingerprint density at radius 3 is 2.67 bits per heavy atom. The number of rotatable bonds is 4. The Bertz CT molecular complexity index is 687. The Hall–Kier alpha value is -1.95. The van der Waals surface area contributed by atoms with Gasteiger partial charge in [0.15, 0.2) is 0 Å². The van der Waals surface area contributed by atoms with E-state index in [1.165, 1.54) is 6.20 Å². The summed E-state index contributed by atoms with van der Waals surface area (Å²) in [5.74, 6) is 0.819. The van der Waals surface area contributed by atoms with Crippen molar-refractivity contribution >= 4 is 21.6 Å². The fraction of sp³-hybridized carbons (Fsp3) is 0.267. The third kappa shape index (κ3) is 3.39. The molecule has 0 aliphatic rings. The molecule has 1 aromatic heterocycles. The second kappa shape index (κ2) is 6.22. The van der Waals surface area contributed by atoms with Gasteiger partial charge in [0.2, 0.25) is 0 Å². The van der Waals surface area contributed by atoms with Gasteiger partial charge in [-0.25, -0.2) is 4.98 Å². The standard InChI is InChI=1S/C15H15BrN2O3/c1-9(2)12-8-11(16)4-5-13(12)21-15-14(18(19)20)10(3)6-7-17-15/h4-9H,1-3H3. The Kier molecular flexibility index (Phi) is 4.57. The molecule has 110 valence electrons. The van der Waals surface area contributed by atoms with Crippen molar-refractivity contribution in [1.82, 2.24) is 4.98 Å². The van der Waals surface area contributed by atoms with Gasteiger partial charge in [0, 0.05) is 16.2 Å². The van der Waals surface area contributed by atoms with Crippen LogP contribution >= 0.6 is 15.9 Å². The van der Waals surface area contributed by atoms with Gasteiger partial charge in [-0.2, -0.15) is 0 Å². The summed E-state index contributed by atoms with van der Waals surface area (Å²) < 4.78 is 6.66. The zero-order valence-corrected chi connectivity index (χ0v) is 13.5. The van der Waals surface area contributed by atoms with Gasteiger partial charge in [-0.1, -0.05) is 29.8 Å². The summed E-state index contributed by atoms with van der Waals surface area (Å²) in [6.07, 6.45) is 1.51. The van der Waals surface area contributed by atoms with E-state index < -0.39 is 4.92 Å². The van der Waals surface area contributed by atoms with Gasteiger partial charge < -0.3 is 4.74 Å². The number of benzene rings is 1. The van der Waals surface area contributed by atoms with Crippen molar-refractivity contribution in [3.8, 4) is 11.6 Å². The minimum absolute atomic E-state index is 0.0178. The topological polar surface area (TPSA) is 65.3 Å². The lowest BCUT2D eigenvalue weighted by atomic mass is 10.0. The Morgan fingerprint density at radius 2 is 2.05 bits per heavy atom. The number of hydrogen-bond acceptors (Lipinski definition) is 4. The van der Waals surface area contributed by atoms with Crippen molar-refractivity contribution < 1.29 is 9.66 Å². The van der Waals surface area contributed by atoms with E-state index in [-0.39, 0.29) is 17.5 Å². The fourth-order valence-electron chi connectivity index (χ4n) is 1.99. The van der Waals surface area contributed by atoms with Crippen LogP contribution in [0.5, 0.6) is 11.6 Å². The summed E-state index contributed by atoms with van der Waals surface area (Å²) in [5, 5.41) is 11.2. The van der Waals surface area contributed by atoms with Gasteiger partial charge in [-0.15, -0.1) is 0 Å². The SMILES string of the molecule is Cc1ccnc(Oc2ccc(Br)cc2C(C)C)c1[N+](=O)[O-]. The maximum atomic E-state index is 11.2. The van der Waals surface area contributed by atoms with Crippen molar-refractivity contribution in [3.05, 3.63) is 56.2 Å². The lowest BCUT2D eigenvalue weighted by molar-refractivity contribution is -0.386. The maximum absolute atomic E-state index is 11.2. The zero-order chi connectivity index (χ0) is 15.6. The lowest BCUT2D eigenvalue weighted by Gasteiger charge is -2.14. The second-order valence-corrected chi connectivity index (χ2v) is 5.89. The van der Waals surface area contributed by atoms with E-state index in [4.69, 9.17) is 4.74 Å². The Morgan fingerprint density at radius 1 is 1.33 bits per heavy atom. The number of ether oxygens (including phenoxy) is 1. The summed E-state index contributed by atoms with van der Waals surface area (Å²) >= 11 is 3.42. The molecule has 21 heavy (non-hydrogen) atoms. The van der Waals surface area contributed by atoms with Crippen LogP contribution in [0.2, 0.25) is 0 Å². The molecule has 2 rings (SSSR count). The van der Waals surface area contributed by atoms with E-state index in [9.17, 15) is 10.1 Å². The highest BCUT2D eigenvalue weighted by Crippen LogP contribution is 2.36. The van der Waals surface area contributed by atoms with Crippen molar-refractivity contribution in [2.75, 3.05) is 0 Å². The average Bonchev–Trinajstić information content (AvgIpc) is 2.40. The van der Waals surface area contributed by atoms with Gasteiger partial charge in [0.25, 0.3) is 5.88 Å². The van der Waals surface area contributed by atoms with Crippen LogP contribution in [-0.4, -0.2) is 9.91 Å². The minimum atomic E-state index is -0.467. The van der Waals surface area contributed by atoms with Crippen LogP contribution in [0.25, 0.3) is 0 Å². The highest BCUT2D eigenvalue weighted by atomic mass is 79.9. The number of halogens is 1. The largest absolute Gasteiger partial charge is 0.433 e. The van der Waals surface area contributed by atoms with E-state index in [2.05, 4.69) is 20.9 Å². The van der Waals surface area contributed by atoms with Crippen LogP contribution in [0.1, 0.15) is 30.9 Å². The van der Waals surface area contributed by atoms with Gasteiger partial charge >= 0.3 is 5.69 Å². The number of aromatic nitrogens is 1. The summed E-state index contributed by atoms with van der Waals surface area (Å²) in [6.45, 7) is 5.73. The first-order chi connectivity index (χ1) is 9.90. The van der Waals surface area contributed by atoms with Crippen molar-refractivity contribution in [1.29, 1.82) is 0 Å². The quantitative estimate of drug-likeness (QED) is 0.576. The number of aryl methyl sites for hydroxylation is 1. The molecule has 0 amide bonds. The first kappa shape index (κ1) is 15.4. The van der Waals surface area contributed by atoms with Crippen LogP contribution in [0.4, 0.5) is 5.69 Å². The molecule has 2 aromatic rings. The number of nitro groups is 1. The first-order valence-corrected chi connectivity index (χ1v) is 7.26. The van der Waals surface area contributed by atoms with E-state index in [1.54, 1.807) is 19.1 Å². The highest BCUT2D eigenvalue weighted by molar-refractivity contribution is 9.10. The summed E-state index contributed by atoms with van der Waals surface area (Å²) in [4.78, 5) is 14.7. The fourth-order valence-corrected chi connectivity index (χ4v) is 2.37. The van der Waals surface area contributed by atoms with Crippen molar-refractivity contribution in [3.63, 3.8) is 0 Å². The predicted molar refractivity (Wildman–Crippen MR) is 83.9 cm³/mol. The van der Waals surface area contributed by atoms with E-state index in [1.807, 2.05) is 26.0 Å². The van der Waals surface area contributed by atoms with Gasteiger partial charge in [-0.05, 0) is 42.7 Å². The molecule has 0 saturated heterocycles. The monoisotopic (exact) mass is 350 g/mol. The molecular formula is C15H15BrN2O3. The highest BCUT2D eigenvalue weighted by Gasteiger charge is 2.22. The molecule has 6 heteroatoms. The number of hydrogen-bond donors (Lipinski definition) is 0. The zero-order valence-electron chi connectivity index (χ0n) is 12.0. The van der Waals surface area contributed by atoms with Crippen molar-refractivity contribution in [2.45, 2.75) is 26.7 Å². The molecule has 5 nitrogen and oxygen atoms in total. The van der Waals surface area contributed by atoms with E-state index in [0.29, 0.717) is 11.3 Å². The van der Waals surface area contributed by atoms with Gasteiger partial charge in [-0.3, -0.25) is 10.1 Å². The van der Waals surface area contributed by atoms with Crippen molar-refractivity contribution in [2.24, 2.45) is 0 Å². The summed E-state index contributed by atoms with van der Waals surface area (Å²) in [7, 11) is 0. The number of nitrogens with zero attached hydrogens (tertiary/aromatic N) is 2. The molecule has 0 radical (unpaired) electrons. The third-order valence-electron chi connectivity index (χ3n) is 3.08. The normalized spacial score (nSPS) is 10.7. The molecule has 0 aliphatic heterocycles. The molecule has 0 saturated carbocycles. The van der Waals surface area contributed by atoms with E-state index >= 15 is 0 Å². The van der Waals surface area contributed by atoms with Crippen LogP contribution in [0.3, 0.4) is 0 Å². The molecule has 0 bridgehead atoms. The maximum Gasteiger partial charge on any atom is 0.334 e. The first-order valence-electron chi connectivity index (χ1n) is 6.47. The molecule has 0 atom stereocenters. The van der Waals surface area contributed by atoms with Crippen LogP contribution < -0.4 is 4.74 Å². The second-order valence-electron chi connectivity index (χ2n) is 4.98. The van der Waals surface area contributed by atoms with E-state index in [0.717, 1.165) is 10.0 Å². The molecule has 0 fully saturated rings. The molecule has 0 spiro atoms. The van der Waals surface area contributed by atoms with Gasteiger partial charge in [0.05, 0.1) is 4.92 Å². The Balaban J connectivity index is 2.49.